The molecule has 0 unspecified atom stereocenters. The molecule has 0 fully saturated rings. The summed E-state index contributed by atoms with van der Waals surface area (Å²) < 4.78 is 5.06. The molecule has 0 aliphatic heterocycles. The molecule has 1 aromatic heterocycles. The fourth-order valence-corrected chi connectivity index (χ4v) is 0.928. The molecule has 0 aliphatic carbocycles. The van der Waals surface area contributed by atoms with Crippen molar-refractivity contribution in [3.8, 4) is 5.75 Å². The lowest BCUT2D eigenvalue weighted by molar-refractivity contribution is -0.0269. The molecule has 0 amide bonds. The Balaban J connectivity index is 3.01. The van der Waals surface area contributed by atoms with E-state index in [1.165, 1.54) is 0 Å². The predicted octanol–water partition coefficient (Wildman–Crippen LogP) is 1.22. The van der Waals surface area contributed by atoms with Crippen molar-refractivity contribution >= 4 is 0 Å². The molecule has 0 aromatic carbocycles. The number of methoxy groups -OCH3 is 1. The van der Waals surface area contributed by atoms with Gasteiger partial charge in [-0.15, -0.1) is 0 Å². The largest absolute Gasteiger partial charge is 0.497 e. The molecule has 0 saturated heterocycles. The van der Waals surface area contributed by atoms with Crippen LogP contribution >= 0.6 is 0 Å². The van der Waals surface area contributed by atoms with Crippen LogP contribution in [0.2, 0.25) is 0 Å². The van der Waals surface area contributed by atoms with Crippen LogP contribution in [-0.2, 0) is 10.4 Å². The summed E-state index contributed by atoms with van der Waals surface area (Å²) in [7, 11) is 1.61. The summed E-state index contributed by atoms with van der Waals surface area (Å²) in [5.41, 5.74) is 0.156. The number of hydrogen-bond donors (Lipinski definition) is 1. The fraction of sp³-hybridized carbons (Fsp3) is 0.444. The van der Waals surface area contributed by atoms with Crippen molar-refractivity contribution in [1.82, 2.24) is 4.98 Å². The van der Waals surface area contributed by atoms with Crippen LogP contribution in [-0.4, -0.2) is 12.1 Å². The monoisotopic (exact) mass is 182 g/mol. The Hall–Kier alpha value is -1.13. The Morgan fingerprint density at radius 3 is 2.69 bits per heavy atom. The van der Waals surface area contributed by atoms with Gasteiger partial charge in [-0.3, -0.25) is 9.82 Å². The molecule has 13 heavy (non-hydrogen) atoms. The minimum Gasteiger partial charge on any atom is -0.497 e. The molecule has 72 valence electrons. The van der Waals surface area contributed by atoms with E-state index in [1.54, 1.807) is 25.4 Å². The van der Waals surface area contributed by atoms with Crippen LogP contribution in [0, 0.1) is 0 Å². The zero-order valence-corrected chi connectivity index (χ0v) is 8.07. The van der Waals surface area contributed by atoms with Crippen LogP contribution in [0.25, 0.3) is 0 Å². The van der Waals surface area contributed by atoms with Gasteiger partial charge in [0, 0.05) is 12.3 Å². The zero-order valence-electron chi connectivity index (χ0n) is 8.07. The molecule has 0 saturated carbocycles. The van der Waals surface area contributed by atoms with E-state index in [9.17, 15) is 0 Å². The molecule has 1 heterocycles. The van der Waals surface area contributed by atoms with Crippen LogP contribution < -0.4 is 10.6 Å². The third-order valence-electron chi connectivity index (χ3n) is 1.88. The minimum atomic E-state index is -0.589. The second kappa shape index (κ2) is 3.72. The number of hydrogen-bond acceptors (Lipinski definition) is 4. The average Bonchev–Trinajstić information content (AvgIpc) is 2.18. The second-order valence-corrected chi connectivity index (χ2v) is 3.21. The molecule has 0 atom stereocenters. The average molecular weight is 182 g/mol. The van der Waals surface area contributed by atoms with E-state index in [1.807, 2.05) is 13.8 Å². The summed E-state index contributed by atoms with van der Waals surface area (Å²) >= 11 is 0. The SMILES string of the molecule is COc1ccnc(C(C)(C)ON)c1. The topological polar surface area (TPSA) is 57.4 Å². The van der Waals surface area contributed by atoms with Gasteiger partial charge in [0.15, 0.2) is 0 Å². The predicted molar refractivity (Wildman–Crippen MR) is 49.1 cm³/mol. The van der Waals surface area contributed by atoms with Crippen LogP contribution in [0.3, 0.4) is 0 Å². The van der Waals surface area contributed by atoms with Gasteiger partial charge in [-0.2, -0.15) is 0 Å². The number of rotatable bonds is 3. The fourth-order valence-electron chi connectivity index (χ4n) is 0.928. The number of aromatic nitrogens is 1. The smallest absolute Gasteiger partial charge is 0.126 e. The summed E-state index contributed by atoms with van der Waals surface area (Å²) in [6, 6.07) is 3.57. The third kappa shape index (κ3) is 2.17. The second-order valence-electron chi connectivity index (χ2n) is 3.21. The van der Waals surface area contributed by atoms with Gasteiger partial charge in [0.2, 0.25) is 0 Å². The first-order valence-electron chi connectivity index (χ1n) is 3.98. The number of pyridine rings is 1. The van der Waals surface area contributed by atoms with Gasteiger partial charge in [0.1, 0.15) is 11.4 Å². The molecule has 0 aliphatic rings. The van der Waals surface area contributed by atoms with Gasteiger partial charge >= 0.3 is 0 Å². The molecular weight excluding hydrogens is 168 g/mol. The van der Waals surface area contributed by atoms with E-state index >= 15 is 0 Å². The van der Waals surface area contributed by atoms with Gasteiger partial charge < -0.3 is 4.74 Å². The Morgan fingerprint density at radius 1 is 1.46 bits per heavy atom. The standard InChI is InChI=1S/C9H14N2O2/c1-9(2,13-10)8-6-7(12-3)4-5-11-8/h4-6H,10H2,1-3H3. The van der Waals surface area contributed by atoms with Gasteiger partial charge in [-0.1, -0.05) is 0 Å². The normalized spacial score (nSPS) is 11.4. The Kier molecular flexibility index (Phi) is 2.85. The molecule has 0 bridgehead atoms. The quantitative estimate of drug-likeness (QED) is 0.714. The highest BCUT2D eigenvalue weighted by Gasteiger charge is 2.22. The first kappa shape index (κ1) is 9.95. The molecule has 4 heteroatoms. The van der Waals surface area contributed by atoms with Gasteiger partial charge in [-0.05, 0) is 19.9 Å². The molecule has 4 nitrogen and oxygen atoms in total. The van der Waals surface area contributed by atoms with Crippen molar-refractivity contribution in [2.24, 2.45) is 5.90 Å². The Labute approximate surface area is 77.6 Å². The van der Waals surface area contributed by atoms with Crippen molar-refractivity contribution in [3.63, 3.8) is 0 Å². The van der Waals surface area contributed by atoms with Crippen molar-refractivity contribution < 1.29 is 9.57 Å². The summed E-state index contributed by atoms with van der Waals surface area (Å²) in [5, 5.41) is 0. The molecular formula is C9H14N2O2. The highest BCUT2D eigenvalue weighted by Crippen LogP contribution is 2.23. The van der Waals surface area contributed by atoms with Crippen molar-refractivity contribution in [2.75, 3.05) is 7.11 Å². The van der Waals surface area contributed by atoms with Crippen molar-refractivity contribution in [2.45, 2.75) is 19.4 Å². The van der Waals surface area contributed by atoms with Crippen LogP contribution in [0.5, 0.6) is 5.75 Å². The van der Waals surface area contributed by atoms with Crippen LogP contribution in [0.15, 0.2) is 18.3 Å². The third-order valence-corrected chi connectivity index (χ3v) is 1.88. The zero-order chi connectivity index (χ0) is 9.90. The Bertz CT molecular complexity index is 287. The highest BCUT2D eigenvalue weighted by atomic mass is 16.6. The van der Waals surface area contributed by atoms with Gasteiger partial charge in [0.25, 0.3) is 0 Å². The lowest BCUT2D eigenvalue weighted by atomic mass is 10.0. The van der Waals surface area contributed by atoms with Gasteiger partial charge in [0.05, 0.1) is 12.8 Å². The van der Waals surface area contributed by atoms with Gasteiger partial charge in [-0.25, -0.2) is 5.90 Å². The first-order valence-corrected chi connectivity index (χ1v) is 3.98. The van der Waals surface area contributed by atoms with Crippen molar-refractivity contribution in [3.05, 3.63) is 24.0 Å². The van der Waals surface area contributed by atoms with Crippen LogP contribution in [0.1, 0.15) is 19.5 Å². The molecule has 1 rings (SSSR count). The van der Waals surface area contributed by atoms with Crippen LogP contribution in [0.4, 0.5) is 0 Å². The maximum Gasteiger partial charge on any atom is 0.126 e. The first-order chi connectivity index (χ1) is 6.10. The minimum absolute atomic E-state index is 0.589. The molecule has 1 aromatic rings. The lowest BCUT2D eigenvalue weighted by Gasteiger charge is -2.21. The maximum absolute atomic E-state index is 5.15. The summed E-state index contributed by atoms with van der Waals surface area (Å²) in [6.45, 7) is 3.68. The summed E-state index contributed by atoms with van der Waals surface area (Å²) in [6.07, 6.45) is 1.66. The number of ether oxygens (including phenoxy) is 1. The highest BCUT2D eigenvalue weighted by molar-refractivity contribution is 5.25. The van der Waals surface area contributed by atoms with Crippen molar-refractivity contribution in [1.29, 1.82) is 0 Å². The van der Waals surface area contributed by atoms with E-state index < -0.39 is 5.60 Å². The van der Waals surface area contributed by atoms with E-state index in [4.69, 9.17) is 15.5 Å². The van der Waals surface area contributed by atoms with E-state index in [2.05, 4.69) is 4.98 Å². The number of nitrogens with two attached hydrogens (primary N) is 1. The summed E-state index contributed by atoms with van der Waals surface area (Å²) in [4.78, 5) is 8.95. The molecule has 0 radical (unpaired) electrons. The van der Waals surface area contributed by atoms with E-state index in [0.717, 1.165) is 11.4 Å². The Morgan fingerprint density at radius 2 is 2.15 bits per heavy atom. The number of nitrogens with zero attached hydrogens (tertiary/aromatic N) is 1. The van der Waals surface area contributed by atoms with E-state index in [0.29, 0.717) is 0 Å². The summed E-state index contributed by atoms with van der Waals surface area (Å²) in [5.74, 6) is 5.89. The molecule has 0 spiro atoms. The lowest BCUT2D eigenvalue weighted by Crippen LogP contribution is -2.26. The molecule has 2 N–H and O–H groups in total. The van der Waals surface area contributed by atoms with E-state index in [-0.39, 0.29) is 0 Å². The maximum atomic E-state index is 5.15.